The maximum absolute atomic E-state index is 11.6. The van der Waals surface area contributed by atoms with Gasteiger partial charge in [-0.05, 0) is 42.4 Å². The third-order valence-electron chi connectivity index (χ3n) is 4.02. The molecule has 2 aromatic rings. The van der Waals surface area contributed by atoms with Gasteiger partial charge in [0.05, 0.1) is 6.20 Å². The van der Waals surface area contributed by atoms with E-state index in [4.69, 9.17) is 4.74 Å². The molecule has 0 aliphatic carbocycles. The summed E-state index contributed by atoms with van der Waals surface area (Å²) in [5.41, 5.74) is 2.12. The van der Waals surface area contributed by atoms with Crippen LogP contribution in [0.4, 0.5) is 0 Å². The van der Waals surface area contributed by atoms with Gasteiger partial charge in [-0.25, -0.2) is 0 Å². The highest BCUT2D eigenvalue weighted by Crippen LogP contribution is 2.16. The molecule has 0 saturated carbocycles. The zero-order valence-electron chi connectivity index (χ0n) is 16.9. The van der Waals surface area contributed by atoms with E-state index >= 15 is 0 Å². The van der Waals surface area contributed by atoms with Crippen LogP contribution in [0.15, 0.2) is 30.5 Å². The Bertz CT molecular complexity index is 692. The van der Waals surface area contributed by atoms with E-state index in [2.05, 4.69) is 41.6 Å². The first kappa shape index (κ1) is 20.9. The van der Waals surface area contributed by atoms with E-state index in [1.807, 2.05) is 32.2 Å². The zero-order chi connectivity index (χ0) is 19.6. The molecule has 6 heteroatoms. The summed E-state index contributed by atoms with van der Waals surface area (Å²) in [5.74, 6) is 1.98. The molecule has 0 atom stereocenters. The van der Waals surface area contributed by atoms with Gasteiger partial charge in [0.2, 0.25) is 5.91 Å². The molecule has 1 aromatic carbocycles. The fourth-order valence-electron chi connectivity index (χ4n) is 2.78. The molecular formula is C21H32N4O2. The summed E-state index contributed by atoms with van der Waals surface area (Å²) in [6, 6.07) is 8.23. The lowest BCUT2D eigenvalue weighted by Gasteiger charge is -2.07. The zero-order valence-corrected chi connectivity index (χ0v) is 16.9. The molecule has 6 nitrogen and oxygen atoms in total. The quantitative estimate of drug-likeness (QED) is 0.612. The second kappa shape index (κ2) is 10.7. The van der Waals surface area contributed by atoms with Gasteiger partial charge in [-0.1, -0.05) is 45.0 Å². The van der Waals surface area contributed by atoms with Gasteiger partial charge in [0, 0.05) is 19.5 Å². The number of nitrogens with zero attached hydrogens (tertiary/aromatic N) is 3. The molecule has 1 N–H and O–H groups in total. The minimum atomic E-state index is 0.108. The number of rotatable bonds is 11. The average molecular weight is 373 g/mol. The fourth-order valence-corrected chi connectivity index (χ4v) is 2.78. The van der Waals surface area contributed by atoms with Crippen LogP contribution < -0.4 is 10.1 Å². The molecule has 0 aliphatic heterocycles. The first-order chi connectivity index (χ1) is 12.9. The molecular weight excluding hydrogens is 340 g/mol. The number of nitrogens with one attached hydrogen (secondary N) is 1. The number of hydrogen-bond donors (Lipinski definition) is 1. The maximum atomic E-state index is 11.6. The SMILES string of the molecule is CC(C)CC(=O)NCCCn1cc(COc2ccc(CC(C)C)cc2)nn1. The van der Waals surface area contributed by atoms with Crippen molar-refractivity contribution in [3.05, 3.63) is 41.7 Å². The lowest BCUT2D eigenvalue weighted by Crippen LogP contribution is -2.26. The van der Waals surface area contributed by atoms with Crippen LogP contribution >= 0.6 is 0 Å². The van der Waals surface area contributed by atoms with E-state index < -0.39 is 0 Å². The largest absolute Gasteiger partial charge is 0.487 e. The Labute approximate surface area is 162 Å². The van der Waals surface area contributed by atoms with Crippen LogP contribution in [-0.2, 0) is 24.4 Å². The highest BCUT2D eigenvalue weighted by Gasteiger charge is 2.05. The van der Waals surface area contributed by atoms with Crippen molar-refractivity contribution in [3.63, 3.8) is 0 Å². The lowest BCUT2D eigenvalue weighted by molar-refractivity contribution is -0.121. The Morgan fingerprint density at radius 3 is 2.56 bits per heavy atom. The van der Waals surface area contributed by atoms with Crippen LogP contribution in [0.3, 0.4) is 0 Å². The maximum Gasteiger partial charge on any atom is 0.220 e. The standard InChI is InChI=1S/C21H32N4O2/c1-16(2)12-18-6-8-20(9-7-18)27-15-19-14-25(24-23-19)11-5-10-22-21(26)13-17(3)4/h6-9,14,16-17H,5,10-13,15H2,1-4H3,(H,22,26). The highest BCUT2D eigenvalue weighted by molar-refractivity contribution is 5.75. The Hall–Kier alpha value is -2.37. The Balaban J connectivity index is 1.69. The molecule has 27 heavy (non-hydrogen) atoms. The Morgan fingerprint density at radius 2 is 1.89 bits per heavy atom. The molecule has 1 aromatic heterocycles. The second-order valence-corrected chi connectivity index (χ2v) is 7.81. The minimum Gasteiger partial charge on any atom is -0.487 e. The predicted octanol–water partition coefficient (Wildman–Crippen LogP) is 3.61. The van der Waals surface area contributed by atoms with E-state index in [-0.39, 0.29) is 5.91 Å². The van der Waals surface area contributed by atoms with Crippen molar-refractivity contribution < 1.29 is 9.53 Å². The molecule has 0 spiro atoms. The Morgan fingerprint density at radius 1 is 1.15 bits per heavy atom. The third kappa shape index (κ3) is 8.24. The number of benzene rings is 1. The van der Waals surface area contributed by atoms with Crippen molar-refractivity contribution in [1.29, 1.82) is 0 Å². The molecule has 1 heterocycles. The number of hydrogen-bond acceptors (Lipinski definition) is 4. The number of carbonyl (C=O) groups is 1. The van der Waals surface area contributed by atoms with Gasteiger partial charge >= 0.3 is 0 Å². The van der Waals surface area contributed by atoms with Gasteiger partial charge in [0.1, 0.15) is 18.1 Å². The van der Waals surface area contributed by atoms with Crippen molar-refractivity contribution in [1.82, 2.24) is 20.3 Å². The number of aromatic nitrogens is 3. The molecule has 0 bridgehead atoms. The van der Waals surface area contributed by atoms with Crippen molar-refractivity contribution >= 4 is 5.91 Å². The molecule has 0 unspecified atom stereocenters. The normalized spacial score (nSPS) is 11.2. The smallest absolute Gasteiger partial charge is 0.220 e. The summed E-state index contributed by atoms with van der Waals surface area (Å²) in [7, 11) is 0. The van der Waals surface area contributed by atoms with Crippen LogP contribution in [-0.4, -0.2) is 27.4 Å². The first-order valence-corrected chi connectivity index (χ1v) is 9.80. The third-order valence-corrected chi connectivity index (χ3v) is 4.02. The van der Waals surface area contributed by atoms with Gasteiger partial charge in [0.25, 0.3) is 0 Å². The average Bonchev–Trinajstić information content (AvgIpc) is 3.05. The highest BCUT2D eigenvalue weighted by atomic mass is 16.5. The van der Waals surface area contributed by atoms with Gasteiger partial charge in [-0.3, -0.25) is 9.48 Å². The molecule has 1 amide bonds. The molecule has 2 rings (SSSR count). The summed E-state index contributed by atoms with van der Waals surface area (Å²) in [5, 5.41) is 11.2. The van der Waals surface area contributed by atoms with Crippen LogP contribution in [0.2, 0.25) is 0 Å². The van der Waals surface area contributed by atoms with E-state index in [0.29, 0.717) is 31.4 Å². The van der Waals surface area contributed by atoms with E-state index in [1.165, 1.54) is 5.56 Å². The number of amides is 1. The molecule has 0 fully saturated rings. The summed E-state index contributed by atoms with van der Waals surface area (Å²) in [6.45, 7) is 10.3. The number of ether oxygens (including phenoxy) is 1. The van der Waals surface area contributed by atoms with Gasteiger partial charge in [0.15, 0.2) is 0 Å². The van der Waals surface area contributed by atoms with Crippen molar-refractivity contribution in [3.8, 4) is 5.75 Å². The molecule has 0 saturated heterocycles. The summed E-state index contributed by atoms with van der Waals surface area (Å²) in [6.07, 6.45) is 4.36. The summed E-state index contributed by atoms with van der Waals surface area (Å²) >= 11 is 0. The topological polar surface area (TPSA) is 69.0 Å². The fraction of sp³-hybridized carbons (Fsp3) is 0.571. The second-order valence-electron chi connectivity index (χ2n) is 7.81. The number of aryl methyl sites for hydroxylation is 1. The van der Waals surface area contributed by atoms with E-state index in [0.717, 1.165) is 30.8 Å². The lowest BCUT2D eigenvalue weighted by atomic mass is 10.0. The van der Waals surface area contributed by atoms with E-state index in [1.54, 1.807) is 4.68 Å². The van der Waals surface area contributed by atoms with Gasteiger partial charge < -0.3 is 10.1 Å². The minimum absolute atomic E-state index is 0.108. The van der Waals surface area contributed by atoms with Crippen molar-refractivity contribution in [2.24, 2.45) is 11.8 Å². The van der Waals surface area contributed by atoms with Crippen molar-refractivity contribution in [2.45, 2.75) is 60.1 Å². The van der Waals surface area contributed by atoms with Crippen molar-refractivity contribution in [2.75, 3.05) is 6.54 Å². The predicted molar refractivity (Wildman–Crippen MR) is 106 cm³/mol. The first-order valence-electron chi connectivity index (χ1n) is 9.80. The van der Waals surface area contributed by atoms with Gasteiger partial charge in [-0.15, -0.1) is 5.10 Å². The molecule has 0 aliphatic rings. The summed E-state index contributed by atoms with van der Waals surface area (Å²) < 4.78 is 7.58. The number of carbonyl (C=O) groups excluding carboxylic acids is 1. The van der Waals surface area contributed by atoms with Crippen LogP contribution in [0.25, 0.3) is 0 Å². The van der Waals surface area contributed by atoms with Crippen LogP contribution in [0, 0.1) is 11.8 Å². The van der Waals surface area contributed by atoms with Crippen LogP contribution in [0.5, 0.6) is 5.75 Å². The van der Waals surface area contributed by atoms with E-state index in [9.17, 15) is 4.79 Å². The summed E-state index contributed by atoms with van der Waals surface area (Å²) in [4.78, 5) is 11.6. The Kier molecular flexibility index (Phi) is 8.30. The molecule has 0 radical (unpaired) electrons. The monoisotopic (exact) mass is 372 g/mol. The van der Waals surface area contributed by atoms with Crippen LogP contribution in [0.1, 0.15) is 51.8 Å². The molecule has 148 valence electrons. The van der Waals surface area contributed by atoms with Gasteiger partial charge in [-0.2, -0.15) is 0 Å².